The van der Waals surface area contributed by atoms with Gasteiger partial charge in [-0.3, -0.25) is 0 Å². The Hall–Kier alpha value is -1.29. The first kappa shape index (κ1) is 12.8. The van der Waals surface area contributed by atoms with Gasteiger partial charge < -0.3 is 10.4 Å². The molecule has 1 heterocycles. The van der Waals surface area contributed by atoms with Crippen LogP contribution in [-0.2, 0) is 0 Å². The Bertz CT molecular complexity index is 371. The molecule has 1 unspecified atom stereocenters. The third-order valence-corrected chi connectivity index (χ3v) is 2.44. The van der Waals surface area contributed by atoms with Crippen LogP contribution in [0.3, 0.4) is 0 Å². The second-order valence-electron chi connectivity index (χ2n) is 4.66. The molecule has 0 spiro atoms. The Labute approximate surface area is 99.6 Å². The molecule has 5 heteroatoms. The summed E-state index contributed by atoms with van der Waals surface area (Å²) in [6.45, 7) is 5.88. The highest BCUT2D eigenvalue weighted by Crippen LogP contribution is 2.32. The molecule has 16 heavy (non-hydrogen) atoms. The number of rotatable bonds is 2. The normalized spacial score (nSPS) is 13.2. The Kier molecular flexibility index (Phi) is 3.75. The minimum atomic E-state index is -1.05. The van der Waals surface area contributed by atoms with Gasteiger partial charge >= 0.3 is 6.09 Å². The van der Waals surface area contributed by atoms with Crippen molar-refractivity contribution in [3.05, 3.63) is 29.0 Å². The summed E-state index contributed by atoms with van der Waals surface area (Å²) in [5.41, 5.74) is 0.577. The zero-order valence-corrected chi connectivity index (χ0v) is 10.2. The van der Waals surface area contributed by atoms with Gasteiger partial charge in [0.1, 0.15) is 5.15 Å². The van der Waals surface area contributed by atoms with Crippen molar-refractivity contribution < 1.29 is 9.90 Å². The van der Waals surface area contributed by atoms with E-state index >= 15 is 0 Å². The van der Waals surface area contributed by atoms with Gasteiger partial charge in [0.15, 0.2) is 0 Å². The number of aromatic nitrogens is 1. The van der Waals surface area contributed by atoms with Crippen molar-refractivity contribution in [2.75, 3.05) is 0 Å². The highest BCUT2D eigenvalue weighted by Gasteiger charge is 2.27. The van der Waals surface area contributed by atoms with E-state index < -0.39 is 6.09 Å². The van der Waals surface area contributed by atoms with E-state index in [-0.39, 0.29) is 11.5 Å². The maximum absolute atomic E-state index is 10.7. The van der Waals surface area contributed by atoms with Crippen molar-refractivity contribution in [3.63, 3.8) is 0 Å². The van der Waals surface area contributed by atoms with Crippen LogP contribution in [0.15, 0.2) is 18.3 Å². The topological polar surface area (TPSA) is 62.2 Å². The van der Waals surface area contributed by atoms with E-state index in [0.717, 1.165) is 5.56 Å². The number of pyridine rings is 1. The lowest BCUT2D eigenvalue weighted by molar-refractivity contribution is 0.175. The monoisotopic (exact) mass is 242 g/mol. The average Bonchev–Trinajstić information content (AvgIpc) is 2.14. The summed E-state index contributed by atoms with van der Waals surface area (Å²) in [4.78, 5) is 14.7. The standard InChI is InChI=1S/C11H15ClN2O2/c1-11(2,3)9(14-10(15)16)7-4-5-8(12)13-6-7/h4-6,9,14H,1-3H3,(H,15,16). The highest BCUT2D eigenvalue weighted by atomic mass is 35.5. The molecule has 1 aromatic heterocycles. The van der Waals surface area contributed by atoms with Gasteiger partial charge in [0.25, 0.3) is 0 Å². The fourth-order valence-corrected chi connectivity index (χ4v) is 1.59. The Morgan fingerprint density at radius 3 is 2.50 bits per heavy atom. The predicted molar refractivity (Wildman–Crippen MR) is 62.6 cm³/mol. The molecule has 0 aliphatic carbocycles. The number of nitrogens with one attached hydrogen (secondary N) is 1. The van der Waals surface area contributed by atoms with Crippen LogP contribution in [0.2, 0.25) is 5.15 Å². The molecule has 0 saturated heterocycles. The molecule has 0 aliphatic heterocycles. The minimum absolute atomic E-state index is 0.228. The van der Waals surface area contributed by atoms with E-state index in [1.807, 2.05) is 20.8 Å². The van der Waals surface area contributed by atoms with Gasteiger partial charge in [-0.2, -0.15) is 0 Å². The molecule has 2 N–H and O–H groups in total. The lowest BCUT2D eigenvalue weighted by atomic mass is 9.83. The highest BCUT2D eigenvalue weighted by molar-refractivity contribution is 6.29. The molecule has 0 aliphatic rings. The summed E-state index contributed by atoms with van der Waals surface area (Å²) in [7, 11) is 0. The van der Waals surface area contributed by atoms with Crippen LogP contribution < -0.4 is 5.32 Å². The molecule has 1 amide bonds. The average molecular weight is 243 g/mol. The number of amides is 1. The summed E-state index contributed by atoms with van der Waals surface area (Å²) >= 11 is 5.69. The van der Waals surface area contributed by atoms with Crippen molar-refractivity contribution in [1.29, 1.82) is 0 Å². The number of carbonyl (C=O) groups is 1. The van der Waals surface area contributed by atoms with Crippen LogP contribution >= 0.6 is 11.6 Å². The van der Waals surface area contributed by atoms with Crippen molar-refractivity contribution >= 4 is 17.7 Å². The third-order valence-electron chi connectivity index (χ3n) is 2.22. The van der Waals surface area contributed by atoms with Crippen LogP contribution in [-0.4, -0.2) is 16.2 Å². The van der Waals surface area contributed by atoms with Gasteiger partial charge in [-0.1, -0.05) is 38.4 Å². The molecule has 0 saturated carbocycles. The Morgan fingerprint density at radius 1 is 1.50 bits per heavy atom. The van der Waals surface area contributed by atoms with E-state index in [2.05, 4.69) is 10.3 Å². The van der Waals surface area contributed by atoms with Gasteiger partial charge in [0.05, 0.1) is 6.04 Å². The number of halogens is 1. The number of carboxylic acid groups (broad SMARTS) is 1. The summed E-state index contributed by atoms with van der Waals surface area (Å²) in [6, 6.07) is 3.12. The van der Waals surface area contributed by atoms with Gasteiger partial charge in [0, 0.05) is 6.20 Å². The van der Waals surface area contributed by atoms with Crippen molar-refractivity contribution in [3.8, 4) is 0 Å². The zero-order valence-electron chi connectivity index (χ0n) is 9.49. The molecule has 1 atom stereocenters. The predicted octanol–water partition coefficient (Wildman–Crippen LogP) is 3.09. The zero-order chi connectivity index (χ0) is 12.3. The third kappa shape index (κ3) is 3.38. The fourth-order valence-electron chi connectivity index (χ4n) is 1.48. The van der Waals surface area contributed by atoms with Gasteiger partial charge in [0.2, 0.25) is 0 Å². The van der Waals surface area contributed by atoms with Crippen LogP contribution in [0.5, 0.6) is 0 Å². The van der Waals surface area contributed by atoms with Crippen LogP contribution in [0.25, 0.3) is 0 Å². The van der Waals surface area contributed by atoms with Gasteiger partial charge in [-0.25, -0.2) is 9.78 Å². The molecule has 1 aromatic rings. The molecular formula is C11H15ClN2O2. The molecule has 0 radical (unpaired) electrons. The van der Waals surface area contributed by atoms with Crippen LogP contribution in [0, 0.1) is 5.41 Å². The first-order chi connectivity index (χ1) is 7.30. The quantitative estimate of drug-likeness (QED) is 0.784. The number of hydrogen-bond acceptors (Lipinski definition) is 2. The van der Waals surface area contributed by atoms with E-state index in [1.165, 1.54) is 0 Å². The van der Waals surface area contributed by atoms with Gasteiger partial charge in [-0.15, -0.1) is 0 Å². The molecule has 1 rings (SSSR count). The fraction of sp³-hybridized carbons (Fsp3) is 0.455. The molecule has 4 nitrogen and oxygen atoms in total. The maximum atomic E-state index is 10.7. The smallest absolute Gasteiger partial charge is 0.405 e. The minimum Gasteiger partial charge on any atom is -0.465 e. The van der Waals surface area contributed by atoms with E-state index in [0.29, 0.717) is 5.15 Å². The van der Waals surface area contributed by atoms with Crippen LogP contribution in [0.1, 0.15) is 32.4 Å². The lowest BCUT2D eigenvalue weighted by Gasteiger charge is -2.30. The molecule has 0 bridgehead atoms. The first-order valence-corrected chi connectivity index (χ1v) is 5.29. The SMILES string of the molecule is CC(C)(C)C(NC(=O)O)c1ccc(Cl)nc1. The second-order valence-corrected chi connectivity index (χ2v) is 5.05. The summed E-state index contributed by atoms with van der Waals surface area (Å²) < 4.78 is 0. The first-order valence-electron chi connectivity index (χ1n) is 4.91. The van der Waals surface area contributed by atoms with E-state index in [9.17, 15) is 4.79 Å². The van der Waals surface area contributed by atoms with E-state index in [1.54, 1.807) is 18.3 Å². The maximum Gasteiger partial charge on any atom is 0.405 e. The van der Waals surface area contributed by atoms with Gasteiger partial charge in [-0.05, 0) is 17.0 Å². The summed E-state index contributed by atoms with van der Waals surface area (Å²) in [6.07, 6.45) is 0.545. The Morgan fingerprint density at radius 2 is 2.12 bits per heavy atom. The lowest BCUT2D eigenvalue weighted by Crippen LogP contribution is -2.35. The number of nitrogens with zero attached hydrogens (tertiary/aromatic N) is 1. The summed E-state index contributed by atoms with van der Waals surface area (Å²) in [5.74, 6) is 0. The van der Waals surface area contributed by atoms with Crippen molar-refractivity contribution in [2.45, 2.75) is 26.8 Å². The van der Waals surface area contributed by atoms with Crippen LogP contribution in [0.4, 0.5) is 4.79 Å². The van der Waals surface area contributed by atoms with E-state index in [4.69, 9.17) is 16.7 Å². The molecule has 0 aromatic carbocycles. The molecule has 0 fully saturated rings. The largest absolute Gasteiger partial charge is 0.465 e. The number of hydrogen-bond donors (Lipinski definition) is 2. The second kappa shape index (κ2) is 4.70. The summed E-state index contributed by atoms with van der Waals surface area (Å²) in [5, 5.41) is 11.7. The molecular weight excluding hydrogens is 228 g/mol. The molecule has 88 valence electrons. The van der Waals surface area contributed by atoms with Crippen molar-refractivity contribution in [1.82, 2.24) is 10.3 Å². The Balaban J connectivity index is 3.01. The van der Waals surface area contributed by atoms with Crippen molar-refractivity contribution in [2.24, 2.45) is 5.41 Å².